The van der Waals surface area contributed by atoms with E-state index in [1.807, 2.05) is 13.8 Å². The fourth-order valence-corrected chi connectivity index (χ4v) is 2.99. The topological polar surface area (TPSA) is 71.3 Å². The number of aromatic nitrogens is 1. The second-order valence-corrected chi connectivity index (χ2v) is 6.14. The molecule has 0 unspecified atom stereocenters. The van der Waals surface area contributed by atoms with Gasteiger partial charge in [0.05, 0.1) is 5.52 Å². The molecule has 1 amide bonds. The Bertz CT molecular complexity index is 1040. The van der Waals surface area contributed by atoms with Gasteiger partial charge in [-0.1, -0.05) is 29.8 Å². The largest absolute Gasteiger partial charge is 0.506 e. The summed E-state index contributed by atoms with van der Waals surface area (Å²) in [4.78, 5) is 25.4. The fourth-order valence-electron chi connectivity index (χ4n) is 2.82. The first-order valence-corrected chi connectivity index (χ1v) is 8.23. The summed E-state index contributed by atoms with van der Waals surface area (Å²) in [5.74, 6) is -0.983. The second kappa shape index (κ2) is 6.61. The number of carbonyl (C=O) groups is 1. The average Bonchev–Trinajstić information content (AvgIpc) is 2.59. The van der Waals surface area contributed by atoms with Crippen LogP contribution in [0.5, 0.6) is 5.75 Å². The van der Waals surface area contributed by atoms with Crippen LogP contribution in [0, 0.1) is 6.92 Å². The zero-order chi connectivity index (χ0) is 18.1. The molecule has 0 bridgehead atoms. The number of nitrogens with one attached hydrogen (secondary N) is 1. The predicted octanol–water partition coefficient (Wildman–Crippen LogP) is 3.94. The van der Waals surface area contributed by atoms with E-state index in [0.717, 1.165) is 5.56 Å². The number of nitrogens with zero attached hydrogens (tertiary/aromatic N) is 1. The van der Waals surface area contributed by atoms with Crippen molar-refractivity contribution in [1.82, 2.24) is 4.57 Å². The lowest BCUT2D eigenvalue weighted by Gasteiger charge is -2.14. The van der Waals surface area contributed by atoms with E-state index in [1.165, 1.54) is 4.57 Å². The number of aryl methyl sites for hydroxylation is 2. The molecule has 0 fully saturated rings. The minimum Gasteiger partial charge on any atom is -0.506 e. The lowest BCUT2D eigenvalue weighted by Crippen LogP contribution is -2.29. The molecule has 1 heterocycles. The van der Waals surface area contributed by atoms with Crippen LogP contribution in [0.25, 0.3) is 10.9 Å². The first-order chi connectivity index (χ1) is 11.9. The Balaban J connectivity index is 2.16. The van der Waals surface area contributed by atoms with E-state index in [9.17, 15) is 14.7 Å². The zero-order valence-electron chi connectivity index (χ0n) is 13.8. The zero-order valence-corrected chi connectivity index (χ0v) is 14.6. The number of amides is 1. The Kier molecular flexibility index (Phi) is 4.51. The van der Waals surface area contributed by atoms with Gasteiger partial charge in [0.2, 0.25) is 0 Å². The van der Waals surface area contributed by atoms with Crippen molar-refractivity contribution in [3.63, 3.8) is 0 Å². The molecule has 128 valence electrons. The van der Waals surface area contributed by atoms with Crippen molar-refractivity contribution in [1.29, 1.82) is 0 Å². The summed E-state index contributed by atoms with van der Waals surface area (Å²) in [6, 6.07) is 12.0. The first kappa shape index (κ1) is 17.0. The predicted molar refractivity (Wildman–Crippen MR) is 99.7 cm³/mol. The van der Waals surface area contributed by atoms with Crippen molar-refractivity contribution >= 4 is 34.1 Å². The van der Waals surface area contributed by atoms with Gasteiger partial charge in [0, 0.05) is 22.6 Å². The van der Waals surface area contributed by atoms with E-state index in [1.54, 1.807) is 42.5 Å². The SMILES string of the molecule is CCn1c(=O)c(C(=O)Nc2cc(Cl)ccc2C)c(O)c2ccccc21. The van der Waals surface area contributed by atoms with Gasteiger partial charge in [-0.05, 0) is 43.7 Å². The molecule has 0 spiro atoms. The molecule has 25 heavy (non-hydrogen) atoms. The summed E-state index contributed by atoms with van der Waals surface area (Å²) in [5, 5.41) is 14.1. The number of hydrogen-bond donors (Lipinski definition) is 2. The molecule has 0 aliphatic carbocycles. The Hall–Kier alpha value is -2.79. The van der Waals surface area contributed by atoms with Crippen LogP contribution in [-0.4, -0.2) is 15.6 Å². The van der Waals surface area contributed by atoms with Gasteiger partial charge < -0.3 is 15.0 Å². The molecule has 0 saturated heterocycles. The van der Waals surface area contributed by atoms with E-state index in [2.05, 4.69) is 5.32 Å². The van der Waals surface area contributed by atoms with Gasteiger partial charge >= 0.3 is 0 Å². The summed E-state index contributed by atoms with van der Waals surface area (Å²) in [7, 11) is 0. The number of aromatic hydroxyl groups is 1. The Morgan fingerprint density at radius 1 is 1.24 bits per heavy atom. The fraction of sp³-hybridized carbons (Fsp3) is 0.158. The third-order valence-electron chi connectivity index (χ3n) is 4.14. The molecule has 5 nitrogen and oxygen atoms in total. The summed E-state index contributed by atoms with van der Waals surface area (Å²) in [6.07, 6.45) is 0. The highest BCUT2D eigenvalue weighted by atomic mass is 35.5. The van der Waals surface area contributed by atoms with Gasteiger partial charge in [0.1, 0.15) is 11.3 Å². The molecule has 1 aromatic heterocycles. The number of anilines is 1. The van der Waals surface area contributed by atoms with E-state index in [4.69, 9.17) is 11.6 Å². The summed E-state index contributed by atoms with van der Waals surface area (Å²) >= 11 is 5.97. The highest BCUT2D eigenvalue weighted by Gasteiger charge is 2.22. The van der Waals surface area contributed by atoms with E-state index in [0.29, 0.717) is 28.2 Å². The van der Waals surface area contributed by atoms with Crippen LogP contribution in [0.1, 0.15) is 22.8 Å². The first-order valence-electron chi connectivity index (χ1n) is 7.86. The van der Waals surface area contributed by atoms with Gasteiger partial charge in [-0.15, -0.1) is 0 Å². The molecule has 3 aromatic rings. The maximum absolute atomic E-state index is 12.7. The Morgan fingerprint density at radius 3 is 2.68 bits per heavy atom. The summed E-state index contributed by atoms with van der Waals surface area (Å²) < 4.78 is 1.47. The Labute approximate surface area is 149 Å². The molecule has 6 heteroatoms. The number of rotatable bonds is 3. The number of fused-ring (bicyclic) bond motifs is 1. The number of hydrogen-bond acceptors (Lipinski definition) is 3. The van der Waals surface area contributed by atoms with Crippen molar-refractivity contribution in [2.45, 2.75) is 20.4 Å². The molecule has 0 radical (unpaired) electrons. The van der Waals surface area contributed by atoms with Crippen LogP contribution in [-0.2, 0) is 6.54 Å². The summed E-state index contributed by atoms with van der Waals surface area (Å²) in [5.41, 5.74) is 1.07. The maximum atomic E-state index is 12.7. The second-order valence-electron chi connectivity index (χ2n) is 5.70. The van der Waals surface area contributed by atoms with Crippen LogP contribution >= 0.6 is 11.6 Å². The molecule has 2 N–H and O–H groups in total. The smallest absolute Gasteiger partial charge is 0.267 e. The molecule has 0 atom stereocenters. The van der Waals surface area contributed by atoms with Crippen molar-refractivity contribution in [3.05, 3.63) is 69.0 Å². The number of pyridine rings is 1. The van der Waals surface area contributed by atoms with Crippen LogP contribution in [0.4, 0.5) is 5.69 Å². The van der Waals surface area contributed by atoms with Crippen molar-refractivity contribution in [2.24, 2.45) is 0 Å². The molecular weight excluding hydrogens is 340 g/mol. The van der Waals surface area contributed by atoms with Gasteiger partial charge in [-0.2, -0.15) is 0 Å². The number of para-hydroxylation sites is 1. The minimum absolute atomic E-state index is 0.278. The van der Waals surface area contributed by atoms with E-state index >= 15 is 0 Å². The molecule has 0 saturated carbocycles. The van der Waals surface area contributed by atoms with Gasteiger partial charge in [-0.25, -0.2) is 0 Å². The quantitative estimate of drug-likeness (QED) is 0.746. The number of halogens is 1. The van der Waals surface area contributed by atoms with Crippen LogP contribution in [0.2, 0.25) is 5.02 Å². The number of benzene rings is 2. The lowest BCUT2D eigenvalue weighted by atomic mass is 10.1. The van der Waals surface area contributed by atoms with Gasteiger partial charge in [0.25, 0.3) is 11.5 Å². The van der Waals surface area contributed by atoms with Crippen LogP contribution in [0.3, 0.4) is 0 Å². The molecule has 0 aliphatic rings. The molecule has 2 aromatic carbocycles. The van der Waals surface area contributed by atoms with Gasteiger partial charge in [0.15, 0.2) is 0 Å². The number of carbonyl (C=O) groups excluding carboxylic acids is 1. The normalized spacial score (nSPS) is 10.8. The summed E-state index contributed by atoms with van der Waals surface area (Å²) in [6.45, 7) is 4.01. The highest BCUT2D eigenvalue weighted by Crippen LogP contribution is 2.27. The minimum atomic E-state index is -0.666. The van der Waals surface area contributed by atoms with E-state index < -0.39 is 11.5 Å². The Morgan fingerprint density at radius 2 is 1.96 bits per heavy atom. The van der Waals surface area contributed by atoms with E-state index in [-0.39, 0.29) is 11.3 Å². The molecule has 3 rings (SSSR count). The monoisotopic (exact) mass is 356 g/mol. The van der Waals surface area contributed by atoms with Crippen molar-refractivity contribution < 1.29 is 9.90 Å². The van der Waals surface area contributed by atoms with Crippen LogP contribution in [0.15, 0.2) is 47.3 Å². The van der Waals surface area contributed by atoms with Crippen molar-refractivity contribution in [2.75, 3.05) is 5.32 Å². The van der Waals surface area contributed by atoms with Crippen molar-refractivity contribution in [3.8, 4) is 5.75 Å². The van der Waals surface area contributed by atoms with Crippen LogP contribution < -0.4 is 10.9 Å². The lowest BCUT2D eigenvalue weighted by molar-refractivity contribution is 0.102. The average molecular weight is 357 g/mol. The third-order valence-corrected chi connectivity index (χ3v) is 4.37. The molecular formula is C19H17ClN2O3. The highest BCUT2D eigenvalue weighted by molar-refractivity contribution is 6.31. The molecule has 0 aliphatic heterocycles. The van der Waals surface area contributed by atoms with Gasteiger partial charge in [-0.3, -0.25) is 9.59 Å². The third kappa shape index (κ3) is 2.98. The maximum Gasteiger partial charge on any atom is 0.267 e. The standard InChI is InChI=1S/C19H17ClN2O3/c1-3-22-15-7-5-4-6-13(15)17(23)16(19(22)25)18(24)21-14-10-12(20)9-8-11(14)2/h4-10,23H,3H2,1-2H3,(H,21,24).